The molecule has 10 heteroatoms. The summed E-state index contributed by atoms with van der Waals surface area (Å²) in [5.41, 5.74) is 0.662. The Morgan fingerprint density at radius 3 is 2.27 bits per heavy atom. The molecule has 0 spiro atoms. The second-order valence-corrected chi connectivity index (χ2v) is 8.69. The van der Waals surface area contributed by atoms with Gasteiger partial charge in [-0.25, -0.2) is 8.70 Å². The number of carbonyl (C=O) groups is 2. The lowest BCUT2D eigenvalue weighted by Crippen LogP contribution is -2.44. The van der Waals surface area contributed by atoms with E-state index in [9.17, 15) is 22.4 Å². The van der Waals surface area contributed by atoms with Gasteiger partial charge in [0.15, 0.2) is 0 Å². The Balaban J connectivity index is 2.27. The van der Waals surface area contributed by atoms with E-state index in [1.807, 2.05) is 6.92 Å². The number of nitrogens with one attached hydrogen (secondary N) is 2. The Labute approximate surface area is 175 Å². The van der Waals surface area contributed by atoms with Gasteiger partial charge in [-0.05, 0) is 42.8 Å². The number of hydrogen-bond donors (Lipinski definition) is 2. The molecule has 0 saturated heterocycles. The number of benzene rings is 2. The molecule has 8 nitrogen and oxygen atoms in total. The number of anilines is 2. The number of hydrogen-bond acceptors (Lipinski definition) is 4. The van der Waals surface area contributed by atoms with E-state index in [-0.39, 0.29) is 22.8 Å². The van der Waals surface area contributed by atoms with Crippen LogP contribution in [0.25, 0.3) is 0 Å². The molecule has 2 amide bonds. The minimum Gasteiger partial charge on any atom is -0.352 e. The highest BCUT2D eigenvalue weighted by molar-refractivity contribution is 7.90. The standard InChI is InChI=1S/C20H25FN4O4S/c1-4-13-22-20(27)17-7-5-6-8-18(17)23-19(26)14-25(30(28,29)24(2)3)16-11-9-15(21)10-12-16/h5-12H,4,13-14H2,1-3H3,(H,22,27)(H,23,26). The fraction of sp³-hybridized carbons (Fsp3) is 0.300. The SMILES string of the molecule is CCCNC(=O)c1ccccc1NC(=O)CN(c1ccc(F)cc1)S(=O)(=O)N(C)C. The van der Waals surface area contributed by atoms with Crippen molar-refractivity contribution in [3.05, 3.63) is 59.9 Å². The molecule has 0 aliphatic carbocycles. The molecule has 0 atom stereocenters. The quantitative estimate of drug-likeness (QED) is 0.630. The number of halogens is 1. The van der Waals surface area contributed by atoms with Gasteiger partial charge in [-0.3, -0.25) is 9.59 Å². The minimum absolute atomic E-state index is 0.134. The Bertz CT molecular complexity index is 994. The van der Waals surface area contributed by atoms with Gasteiger partial charge in [0.2, 0.25) is 5.91 Å². The maximum Gasteiger partial charge on any atom is 0.304 e. The van der Waals surface area contributed by atoms with Gasteiger partial charge in [0.1, 0.15) is 12.4 Å². The van der Waals surface area contributed by atoms with Crippen LogP contribution in [0.5, 0.6) is 0 Å². The van der Waals surface area contributed by atoms with Gasteiger partial charge in [0, 0.05) is 20.6 Å². The summed E-state index contributed by atoms with van der Waals surface area (Å²) in [4.78, 5) is 25.0. The number of amides is 2. The Morgan fingerprint density at radius 1 is 1.03 bits per heavy atom. The highest BCUT2D eigenvalue weighted by Gasteiger charge is 2.27. The molecule has 2 aromatic rings. The van der Waals surface area contributed by atoms with Crippen LogP contribution in [0.3, 0.4) is 0 Å². The van der Waals surface area contributed by atoms with Crippen LogP contribution in [0.15, 0.2) is 48.5 Å². The first-order valence-corrected chi connectivity index (χ1v) is 10.7. The Kier molecular flexibility index (Phi) is 7.90. The van der Waals surface area contributed by atoms with Gasteiger partial charge >= 0.3 is 10.2 Å². The number of para-hydroxylation sites is 1. The van der Waals surface area contributed by atoms with Gasteiger partial charge in [0.25, 0.3) is 5.91 Å². The minimum atomic E-state index is -4.03. The van der Waals surface area contributed by atoms with Crippen molar-refractivity contribution in [1.29, 1.82) is 0 Å². The van der Waals surface area contributed by atoms with Crippen LogP contribution in [0.2, 0.25) is 0 Å². The van der Waals surface area contributed by atoms with E-state index in [1.165, 1.54) is 26.2 Å². The highest BCUT2D eigenvalue weighted by atomic mass is 32.2. The zero-order chi connectivity index (χ0) is 22.3. The molecule has 0 bridgehead atoms. The van der Waals surface area contributed by atoms with Gasteiger partial charge in [-0.15, -0.1) is 0 Å². The van der Waals surface area contributed by atoms with Crippen molar-refractivity contribution >= 4 is 33.4 Å². The molecule has 2 aromatic carbocycles. The van der Waals surface area contributed by atoms with Gasteiger partial charge in [-0.2, -0.15) is 12.7 Å². The van der Waals surface area contributed by atoms with Crippen LogP contribution in [0.4, 0.5) is 15.8 Å². The molecule has 0 saturated carbocycles. The fourth-order valence-corrected chi connectivity index (χ4v) is 3.62. The van der Waals surface area contributed by atoms with Crippen molar-refractivity contribution in [2.75, 3.05) is 36.8 Å². The first-order valence-electron chi connectivity index (χ1n) is 9.29. The van der Waals surface area contributed by atoms with Crippen LogP contribution in [-0.2, 0) is 15.0 Å². The largest absolute Gasteiger partial charge is 0.352 e. The molecule has 2 rings (SSSR count). The van der Waals surface area contributed by atoms with Gasteiger partial charge in [-0.1, -0.05) is 19.1 Å². The van der Waals surface area contributed by atoms with Crippen molar-refractivity contribution < 1.29 is 22.4 Å². The predicted octanol–water partition coefficient (Wildman–Crippen LogP) is 2.22. The third-order valence-corrected chi connectivity index (χ3v) is 5.94. The lowest BCUT2D eigenvalue weighted by Gasteiger charge is -2.27. The number of nitrogens with zero attached hydrogens (tertiary/aromatic N) is 2. The molecule has 0 heterocycles. The van der Waals surface area contributed by atoms with Crippen molar-refractivity contribution in [2.24, 2.45) is 0 Å². The third kappa shape index (κ3) is 5.77. The maximum atomic E-state index is 13.3. The lowest BCUT2D eigenvalue weighted by molar-refractivity contribution is -0.114. The first-order chi connectivity index (χ1) is 14.2. The summed E-state index contributed by atoms with van der Waals surface area (Å²) in [6.07, 6.45) is 0.759. The van der Waals surface area contributed by atoms with Gasteiger partial charge in [0.05, 0.1) is 16.9 Å². The van der Waals surface area contributed by atoms with E-state index >= 15 is 0 Å². The van der Waals surface area contributed by atoms with Crippen molar-refractivity contribution in [1.82, 2.24) is 9.62 Å². The summed E-state index contributed by atoms with van der Waals surface area (Å²) >= 11 is 0. The van der Waals surface area contributed by atoms with Crippen molar-refractivity contribution in [3.63, 3.8) is 0 Å². The number of rotatable bonds is 9. The summed E-state index contributed by atoms with van der Waals surface area (Å²) in [7, 11) is -1.37. The molecule has 0 aliphatic rings. The normalized spacial score (nSPS) is 11.2. The van der Waals surface area contributed by atoms with Crippen molar-refractivity contribution in [3.8, 4) is 0 Å². The Morgan fingerprint density at radius 2 is 1.67 bits per heavy atom. The van der Waals surface area contributed by atoms with Crippen LogP contribution < -0.4 is 14.9 Å². The Hall–Kier alpha value is -2.98. The second-order valence-electron chi connectivity index (χ2n) is 6.62. The summed E-state index contributed by atoms with van der Waals surface area (Å²) in [6, 6.07) is 11.2. The van der Waals surface area contributed by atoms with E-state index < -0.39 is 28.5 Å². The highest BCUT2D eigenvalue weighted by Crippen LogP contribution is 2.21. The van der Waals surface area contributed by atoms with Crippen molar-refractivity contribution in [2.45, 2.75) is 13.3 Å². The van der Waals surface area contributed by atoms with Crippen LogP contribution in [0, 0.1) is 5.82 Å². The summed E-state index contributed by atoms with van der Waals surface area (Å²) in [5, 5.41) is 5.33. The van der Waals surface area contributed by atoms with Crippen LogP contribution in [-0.4, -0.2) is 51.7 Å². The molecule has 0 unspecified atom stereocenters. The molecular weight excluding hydrogens is 411 g/mol. The molecule has 162 valence electrons. The van der Waals surface area contributed by atoms with E-state index in [4.69, 9.17) is 0 Å². The zero-order valence-corrected chi connectivity index (χ0v) is 17.9. The topological polar surface area (TPSA) is 98.8 Å². The lowest BCUT2D eigenvalue weighted by atomic mass is 10.1. The third-order valence-electron chi connectivity index (χ3n) is 4.12. The summed E-state index contributed by atoms with van der Waals surface area (Å²) in [6.45, 7) is 1.85. The molecular formula is C20H25FN4O4S. The smallest absolute Gasteiger partial charge is 0.304 e. The molecule has 2 N–H and O–H groups in total. The molecule has 0 fully saturated rings. The molecule has 30 heavy (non-hydrogen) atoms. The zero-order valence-electron chi connectivity index (χ0n) is 17.1. The average molecular weight is 437 g/mol. The van der Waals surface area contributed by atoms with Gasteiger partial charge < -0.3 is 10.6 Å². The molecule has 0 aliphatic heterocycles. The van der Waals surface area contributed by atoms with Crippen LogP contribution >= 0.6 is 0 Å². The molecule has 0 aromatic heterocycles. The fourth-order valence-electron chi connectivity index (χ4n) is 2.55. The first kappa shape index (κ1) is 23.3. The summed E-state index contributed by atoms with van der Waals surface area (Å²) in [5.74, 6) is -1.53. The van der Waals surface area contributed by atoms with E-state index in [0.717, 1.165) is 27.2 Å². The average Bonchev–Trinajstić information content (AvgIpc) is 2.71. The number of carbonyl (C=O) groups excluding carboxylic acids is 2. The van der Waals surface area contributed by atoms with E-state index in [2.05, 4.69) is 10.6 Å². The predicted molar refractivity (Wildman–Crippen MR) is 114 cm³/mol. The monoisotopic (exact) mass is 436 g/mol. The summed E-state index contributed by atoms with van der Waals surface area (Å²) < 4.78 is 40.5. The van der Waals surface area contributed by atoms with E-state index in [0.29, 0.717) is 6.54 Å². The van der Waals surface area contributed by atoms with E-state index in [1.54, 1.807) is 24.3 Å². The second kappa shape index (κ2) is 10.2. The molecule has 0 radical (unpaired) electrons. The van der Waals surface area contributed by atoms with Crippen LogP contribution in [0.1, 0.15) is 23.7 Å². The maximum absolute atomic E-state index is 13.3.